The van der Waals surface area contributed by atoms with Crippen LogP contribution in [0.15, 0.2) is 54.6 Å². The van der Waals surface area contributed by atoms with E-state index >= 15 is 0 Å². The first kappa shape index (κ1) is 13.4. The number of fused-ring (bicyclic) bond motifs is 1. The summed E-state index contributed by atoms with van der Waals surface area (Å²) in [7, 11) is 0. The van der Waals surface area contributed by atoms with Crippen LogP contribution in [0.25, 0.3) is 0 Å². The molecule has 0 aliphatic heterocycles. The van der Waals surface area contributed by atoms with E-state index in [0.717, 1.165) is 13.0 Å². The van der Waals surface area contributed by atoms with Gasteiger partial charge < -0.3 is 5.73 Å². The fraction of sp³-hybridized carbons (Fsp3) is 0.368. The van der Waals surface area contributed by atoms with Crippen molar-refractivity contribution in [3.63, 3.8) is 0 Å². The summed E-state index contributed by atoms with van der Waals surface area (Å²) < 4.78 is 0. The minimum atomic E-state index is 0.228. The van der Waals surface area contributed by atoms with Crippen molar-refractivity contribution in [2.75, 3.05) is 6.54 Å². The summed E-state index contributed by atoms with van der Waals surface area (Å²) in [5.74, 6) is 0. The zero-order valence-corrected chi connectivity index (χ0v) is 12.0. The van der Waals surface area contributed by atoms with Gasteiger partial charge in [-0.2, -0.15) is 0 Å². The number of aryl methyl sites for hydroxylation is 2. The number of hydrogen-bond donors (Lipinski definition) is 1. The van der Waals surface area contributed by atoms with Gasteiger partial charge in [0.1, 0.15) is 0 Å². The summed E-state index contributed by atoms with van der Waals surface area (Å²) in [4.78, 5) is 0. The molecule has 2 aromatic rings. The van der Waals surface area contributed by atoms with Crippen LogP contribution in [0, 0.1) is 0 Å². The van der Waals surface area contributed by atoms with E-state index < -0.39 is 0 Å². The van der Waals surface area contributed by atoms with Crippen LogP contribution in [-0.4, -0.2) is 6.54 Å². The molecule has 2 N–H and O–H groups in total. The SMILES string of the molecule is NCC1(CCCc2ccccc2)CCc2ccccc21. The van der Waals surface area contributed by atoms with E-state index in [-0.39, 0.29) is 5.41 Å². The lowest BCUT2D eigenvalue weighted by Crippen LogP contribution is -2.33. The highest BCUT2D eigenvalue weighted by Crippen LogP contribution is 2.41. The fourth-order valence-corrected chi connectivity index (χ4v) is 3.61. The van der Waals surface area contributed by atoms with Gasteiger partial charge in [0, 0.05) is 12.0 Å². The molecule has 2 aromatic carbocycles. The Hall–Kier alpha value is -1.60. The lowest BCUT2D eigenvalue weighted by molar-refractivity contribution is 0.389. The maximum absolute atomic E-state index is 6.16. The number of hydrogen-bond acceptors (Lipinski definition) is 1. The molecule has 1 unspecified atom stereocenters. The molecule has 1 aliphatic carbocycles. The first-order chi connectivity index (χ1) is 9.84. The Kier molecular flexibility index (Phi) is 3.88. The van der Waals surface area contributed by atoms with E-state index in [1.54, 1.807) is 0 Å². The number of benzene rings is 2. The van der Waals surface area contributed by atoms with Crippen LogP contribution in [0.1, 0.15) is 36.0 Å². The number of rotatable bonds is 5. The third-order valence-electron chi connectivity index (χ3n) is 4.82. The molecule has 0 fully saturated rings. The Morgan fingerprint density at radius 2 is 1.70 bits per heavy atom. The van der Waals surface area contributed by atoms with Gasteiger partial charge in [-0.1, -0.05) is 54.6 Å². The molecule has 0 radical (unpaired) electrons. The largest absolute Gasteiger partial charge is 0.330 e. The maximum Gasteiger partial charge on any atom is 0.00815 e. The van der Waals surface area contributed by atoms with Gasteiger partial charge in [0.2, 0.25) is 0 Å². The first-order valence-corrected chi connectivity index (χ1v) is 7.66. The Labute approximate surface area is 121 Å². The summed E-state index contributed by atoms with van der Waals surface area (Å²) in [6, 6.07) is 19.6. The molecule has 0 saturated carbocycles. The van der Waals surface area contributed by atoms with E-state index in [1.165, 1.54) is 42.4 Å². The standard InChI is InChI=1S/C19H23N/c20-15-19(13-6-9-16-7-2-1-3-8-16)14-12-17-10-4-5-11-18(17)19/h1-5,7-8,10-11H,6,9,12-15,20H2. The normalized spacial score (nSPS) is 20.9. The Morgan fingerprint density at radius 3 is 2.50 bits per heavy atom. The molecule has 0 saturated heterocycles. The molecule has 1 nitrogen and oxygen atoms in total. The van der Waals surface area contributed by atoms with Gasteiger partial charge in [-0.3, -0.25) is 0 Å². The van der Waals surface area contributed by atoms with Gasteiger partial charge in [-0.25, -0.2) is 0 Å². The molecule has 1 aliphatic rings. The van der Waals surface area contributed by atoms with Crippen LogP contribution in [-0.2, 0) is 18.3 Å². The van der Waals surface area contributed by atoms with Gasteiger partial charge in [-0.05, 0) is 48.8 Å². The Morgan fingerprint density at radius 1 is 0.950 bits per heavy atom. The third kappa shape index (κ3) is 2.51. The summed E-state index contributed by atoms with van der Waals surface area (Å²) in [6.45, 7) is 0.777. The van der Waals surface area contributed by atoms with Crippen molar-refractivity contribution in [2.45, 2.75) is 37.5 Å². The summed E-state index contributed by atoms with van der Waals surface area (Å²) >= 11 is 0. The lowest BCUT2D eigenvalue weighted by atomic mass is 9.77. The molecular weight excluding hydrogens is 242 g/mol. The fourth-order valence-electron chi connectivity index (χ4n) is 3.61. The van der Waals surface area contributed by atoms with Crippen molar-refractivity contribution in [3.8, 4) is 0 Å². The Bertz CT molecular complexity index is 561. The molecule has 1 atom stereocenters. The highest BCUT2D eigenvalue weighted by atomic mass is 14.6. The topological polar surface area (TPSA) is 26.0 Å². The average molecular weight is 265 g/mol. The van der Waals surface area contributed by atoms with Crippen molar-refractivity contribution >= 4 is 0 Å². The summed E-state index contributed by atoms with van der Waals surface area (Å²) in [5, 5.41) is 0. The van der Waals surface area contributed by atoms with Crippen LogP contribution < -0.4 is 5.73 Å². The highest BCUT2D eigenvalue weighted by molar-refractivity contribution is 5.39. The third-order valence-corrected chi connectivity index (χ3v) is 4.82. The smallest absolute Gasteiger partial charge is 0.00815 e. The van der Waals surface area contributed by atoms with Gasteiger partial charge in [0.15, 0.2) is 0 Å². The average Bonchev–Trinajstić information content (AvgIpc) is 2.88. The predicted molar refractivity (Wildman–Crippen MR) is 84.9 cm³/mol. The Balaban J connectivity index is 1.69. The maximum atomic E-state index is 6.16. The second kappa shape index (κ2) is 5.80. The van der Waals surface area contributed by atoms with Gasteiger partial charge in [0.25, 0.3) is 0 Å². The minimum absolute atomic E-state index is 0.228. The van der Waals surface area contributed by atoms with Gasteiger partial charge >= 0.3 is 0 Å². The van der Waals surface area contributed by atoms with Crippen molar-refractivity contribution in [3.05, 3.63) is 71.3 Å². The highest BCUT2D eigenvalue weighted by Gasteiger charge is 2.36. The molecule has 3 rings (SSSR count). The molecular formula is C19H23N. The monoisotopic (exact) mass is 265 g/mol. The van der Waals surface area contributed by atoms with Crippen molar-refractivity contribution in [2.24, 2.45) is 5.73 Å². The molecule has 104 valence electrons. The van der Waals surface area contributed by atoms with Crippen LogP contribution in [0.3, 0.4) is 0 Å². The van der Waals surface area contributed by atoms with Gasteiger partial charge in [-0.15, -0.1) is 0 Å². The molecule has 0 aromatic heterocycles. The van der Waals surface area contributed by atoms with Gasteiger partial charge in [0.05, 0.1) is 0 Å². The zero-order valence-electron chi connectivity index (χ0n) is 12.0. The summed E-state index contributed by atoms with van der Waals surface area (Å²) in [6.07, 6.45) is 5.99. The van der Waals surface area contributed by atoms with E-state index in [4.69, 9.17) is 5.73 Å². The summed E-state index contributed by atoms with van der Waals surface area (Å²) in [5.41, 5.74) is 10.8. The molecule has 0 amide bonds. The van der Waals surface area contributed by atoms with E-state index in [2.05, 4.69) is 54.6 Å². The molecule has 1 heteroatoms. The van der Waals surface area contributed by atoms with Crippen LogP contribution in [0.5, 0.6) is 0 Å². The minimum Gasteiger partial charge on any atom is -0.330 e. The number of nitrogens with two attached hydrogens (primary N) is 1. The van der Waals surface area contributed by atoms with Crippen LogP contribution >= 0.6 is 0 Å². The predicted octanol–water partition coefficient (Wildman–Crippen LogP) is 3.85. The van der Waals surface area contributed by atoms with E-state index in [0.29, 0.717) is 0 Å². The van der Waals surface area contributed by atoms with E-state index in [9.17, 15) is 0 Å². The molecule has 0 spiro atoms. The quantitative estimate of drug-likeness (QED) is 0.873. The second-order valence-corrected chi connectivity index (χ2v) is 5.98. The van der Waals surface area contributed by atoms with E-state index in [1.807, 2.05) is 0 Å². The van der Waals surface area contributed by atoms with Crippen LogP contribution in [0.4, 0.5) is 0 Å². The van der Waals surface area contributed by atoms with Crippen molar-refractivity contribution < 1.29 is 0 Å². The lowest BCUT2D eigenvalue weighted by Gasteiger charge is -2.29. The van der Waals surface area contributed by atoms with Crippen molar-refractivity contribution in [1.29, 1.82) is 0 Å². The first-order valence-electron chi connectivity index (χ1n) is 7.66. The zero-order chi connectivity index (χ0) is 13.8. The molecule has 0 heterocycles. The second-order valence-electron chi connectivity index (χ2n) is 5.98. The van der Waals surface area contributed by atoms with Crippen LogP contribution in [0.2, 0.25) is 0 Å². The molecule has 0 bridgehead atoms. The molecule has 20 heavy (non-hydrogen) atoms. The van der Waals surface area contributed by atoms with Crippen molar-refractivity contribution in [1.82, 2.24) is 0 Å².